The van der Waals surface area contributed by atoms with Crippen LogP contribution in [0.4, 0.5) is 5.69 Å². The fraction of sp³-hybridized carbons (Fsp3) is 0.364. The number of benzene rings is 2. The van der Waals surface area contributed by atoms with Crippen LogP contribution in [-0.2, 0) is 16.0 Å². The molecule has 0 spiro atoms. The number of hydrogen-bond donors (Lipinski definition) is 2. The number of anilines is 1. The molecule has 0 atom stereocenters. The van der Waals surface area contributed by atoms with Crippen molar-refractivity contribution < 1.29 is 9.59 Å². The van der Waals surface area contributed by atoms with E-state index in [0.29, 0.717) is 19.5 Å². The number of carbonyl (C=O) groups excluding carboxylic acids is 2. The normalized spacial score (nSPS) is 10.3. The van der Waals surface area contributed by atoms with E-state index in [-0.39, 0.29) is 18.2 Å². The highest BCUT2D eigenvalue weighted by Gasteiger charge is 2.07. The first kappa shape index (κ1) is 20.5. The summed E-state index contributed by atoms with van der Waals surface area (Å²) in [6.45, 7) is 6.75. The van der Waals surface area contributed by atoms with Crippen molar-refractivity contribution in [3.8, 4) is 0 Å². The summed E-state index contributed by atoms with van der Waals surface area (Å²) in [4.78, 5) is 26.1. The molecule has 0 radical (unpaired) electrons. The molecule has 0 aliphatic rings. The van der Waals surface area contributed by atoms with Gasteiger partial charge in [-0.15, -0.1) is 0 Å². The van der Waals surface area contributed by atoms with E-state index in [9.17, 15) is 9.59 Å². The van der Waals surface area contributed by atoms with E-state index < -0.39 is 0 Å². The third-order valence-corrected chi connectivity index (χ3v) is 4.33. The second-order valence-electron chi connectivity index (χ2n) is 6.53. The quantitative estimate of drug-likeness (QED) is 0.679. The van der Waals surface area contributed by atoms with Crippen LogP contribution in [0.3, 0.4) is 0 Å². The zero-order valence-electron chi connectivity index (χ0n) is 16.2. The Hall–Kier alpha value is -2.82. The van der Waals surface area contributed by atoms with Crippen molar-refractivity contribution in [2.45, 2.75) is 26.7 Å². The van der Waals surface area contributed by atoms with Crippen LogP contribution >= 0.6 is 0 Å². The predicted octanol–water partition coefficient (Wildman–Crippen LogP) is 2.69. The topological polar surface area (TPSA) is 61.4 Å². The first-order valence-electron chi connectivity index (χ1n) is 9.47. The minimum absolute atomic E-state index is 0.0460. The number of amides is 2. The Labute approximate surface area is 161 Å². The van der Waals surface area contributed by atoms with Gasteiger partial charge in [-0.05, 0) is 37.1 Å². The molecule has 2 rings (SSSR count). The maximum absolute atomic E-state index is 12.0. The molecule has 2 amide bonds. The van der Waals surface area contributed by atoms with E-state index in [2.05, 4.69) is 47.6 Å². The molecule has 0 unspecified atom stereocenters. The lowest BCUT2D eigenvalue weighted by molar-refractivity contribution is -0.122. The molecule has 27 heavy (non-hydrogen) atoms. The number of hydrogen-bond acceptors (Lipinski definition) is 3. The summed E-state index contributed by atoms with van der Waals surface area (Å²) in [5, 5.41) is 5.72. The molecular weight excluding hydrogens is 338 g/mol. The lowest BCUT2D eigenvalue weighted by Crippen LogP contribution is -2.36. The van der Waals surface area contributed by atoms with Gasteiger partial charge in [0, 0.05) is 38.3 Å². The van der Waals surface area contributed by atoms with Gasteiger partial charge in [0.15, 0.2) is 0 Å². The minimum atomic E-state index is -0.0643. The van der Waals surface area contributed by atoms with E-state index >= 15 is 0 Å². The van der Waals surface area contributed by atoms with Crippen LogP contribution in [-0.4, -0.2) is 38.0 Å². The molecular formula is C22H29N3O2. The number of likely N-dealkylation sites (N-methyl/N-ethyl adjacent to an activating group) is 1. The molecule has 2 aromatic rings. The Morgan fingerprint density at radius 1 is 0.926 bits per heavy atom. The van der Waals surface area contributed by atoms with Crippen molar-refractivity contribution in [1.82, 2.24) is 10.6 Å². The Morgan fingerprint density at radius 3 is 2.37 bits per heavy atom. The van der Waals surface area contributed by atoms with Crippen LogP contribution in [0.2, 0.25) is 0 Å². The van der Waals surface area contributed by atoms with Crippen molar-refractivity contribution in [3.63, 3.8) is 0 Å². The zero-order chi connectivity index (χ0) is 19.5. The van der Waals surface area contributed by atoms with E-state index in [0.717, 1.165) is 18.7 Å². The van der Waals surface area contributed by atoms with Crippen LogP contribution in [0.25, 0.3) is 0 Å². The van der Waals surface area contributed by atoms with Crippen molar-refractivity contribution in [1.29, 1.82) is 0 Å². The SMILES string of the molecule is CCN(CCNC(=O)CCNC(=O)Cc1ccccc1)c1cccc(C)c1. The number of nitrogens with zero attached hydrogens (tertiary/aromatic N) is 1. The van der Waals surface area contributed by atoms with Crippen molar-refractivity contribution in [2.75, 3.05) is 31.1 Å². The molecule has 5 heteroatoms. The van der Waals surface area contributed by atoms with Gasteiger partial charge in [-0.25, -0.2) is 0 Å². The molecule has 0 saturated carbocycles. The molecule has 2 N–H and O–H groups in total. The summed E-state index contributed by atoms with van der Waals surface area (Å²) < 4.78 is 0. The van der Waals surface area contributed by atoms with Crippen molar-refractivity contribution in [3.05, 3.63) is 65.7 Å². The smallest absolute Gasteiger partial charge is 0.224 e. The first-order chi connectivity index (χ1) is 13.1. The van der Waals surface area contributed by atoms with Gasteiger partial charge in [0.25, 0.3) is 0 Å². The Kier molecular flexibility index (Phi) is 8.36. The van der Waals surface area contributed by atoms with Crippen LogP contribution in [0, 0.1) is 6.92 Å². The molecule has 144 valence electrons. The average molecular weight is 367 g/mol. The second-order valence-corrected chi connectivity index (χ2v) is 6.53. The monoisotopic (exact) mass is 367 g/mol. The summed E-state index contributed by atoms with van der Waals surface area (Å²) in [6, 6.07) is 17.9. The molecule has 0 bridgehead atoms. The Morgan fingerprint density at radius 2 is 1.67 bits per heavy atom. The van der Waals surface area contributed by atoms with Gasteiger partial charge in [-0.2, -0.15) is 0 Å². The largest absolute Gasteiger partial charge is 0.370 e. The molecule has 0 aliphatic carbocycles. The minimum Gasteiger partial charge on any atom is -0.370 e. The lowest BCUT2D eigenvalue weighted by Gasteiger charge is -2.23. The van der Waals surface area contributed by atoms with Crippen LogP contribution < -0.4 is 15.5 Å². The average Bonchev–Trinajstić information content (AvgIpc) is 2.66. The van der Waals surface area contributed by atoms with Gasteiger partial charge in [0.2, 0.25) is 11.8 Å². The highest BCUT2D eigenvalue weighted by Crippen LogP contribution is 2.14. The van der Waals surface area contributed by atoms with Gasteiger partial charge < -0.3 is 15.5 Å². The van der Waals surface area contributed by atoms with Crippen LogP contribution in [0.5, 0.6) is 0 Å². The van der Waals surface area contributed by atoms with Crippen LogP contribution in [0.15, 0.2) is 54.6 Å². The Balaban J connectivity index is 1.63. The van der Waals surface area contributed by atoms with Gasteiger partial charge in [-0.1, -0.05) is 42.5 Å². The number of rotatable bonds is 10. The third kappa shape index (κ3) is 7.52. The van der Waals surface area contributed by atoms with Gasteiger partial charge in [0.05, 0.1) is 6.42 Å². The fourth-order valence-electron chi connectivity index (χ4n) is 2.87. The van der Waals surface area contributed by atoms with Gasteiger partial charge in [-0.3, -0.25) is 9.59 Å². The summed E-state index contributed by atoms with van der Waals surface area (Å²) in [6.07, 6.45) is 0.626. The van der Waals surface area contributed by atoms with E-state index in [4.69, 9.17) is 0 Å². The molecule has 2 aromatic carbocycles. The molecule has 0 aliphatic heterocycles. The van der Waals surface area contributed by atoms with E-state index in [1.165, 1.54) is 11.3 Å². The lowest BCUT2D eigenvalue weighted by atomic mass is 10.1. The third-order valence-electron chi connectivity index (χ3n) is 4.33. The standard InChI is InChI=1S/C22H29N3O2/c1-3-25(20-11-7-8-18(2)16-20)15-14-24-21(26)12-13-23-22(27)17-19-9-5-4-6-10-19/h4-11,16H,3,12-15,17H2,1-2H3,(H,23,27)(H,24,26). The summed E-state index contributed by atoms with van der Waals surface area (Å²) in [5.74, 6) is -0.110. The summed E-state index contributed by atoms with van der Waals surface area (Å²) in [7, 11) is 0. The first-order valence-corrected chi connectivity index (χ1v) is 9.47. The Bertz CT molecular complexity index is 731. The molecule has 0 aromatic heterocycles. The highest BCUT2D eigenvalue weighted by atomic mass is 16.2. The maximum Gasteiger partial charge on any atom is 0.224 e. The summed E-state index contributed by atoms with van der Waals surface area (Å²) in [5.41, 5.74) is 3.36. The van der Waals surface area contributed by atoms with Gasteiger partial charge in [0.1, 0.15) is 0 Å². The van der Waals surface area contributed by atoms with Crippen LogP contribution in [0.1, 0.15) is 24.5 Å². The number of aryl methyl sites for hydroxylation is 1. The van der Waals surface area contributed by atoms with E-state index in [1.807, 2.05) is 36.4 Å². The zero-order valence-corrected chi connectivity index (χ0v) is 16.2. The van der Waals surface area contributed by atoms with Gasteiger partial charge >= 0.3 is 0 Å². The predicted molar refractivity (Wildman–Crippen MR) is 110 cm³/mol. The fourth-order valence-corrected chi connectivity index (χ4v) is 2.87. The molecule has 5 nitrogen and oxygen atoms in total. The molecule has 0 saturated heterocycles. The number of carbonyl (C=O) groups is 2. The highest BCUT2D eigenvalue weighted by molar-refractivity contribution is 5.80. The van der Waals surface area contributed by atoms with Crippen molar-refractivity contribution in [2.24, 2.45) is 0 Å². The molecule has 0 fully saturated rings. The van der Waals surface area contributed by atoms with Crippen molar-refractivity contribution >= 4 is 17.5 Å². The molecule has 0 heterocycles. The van der Waals surface area contributed by atoms with E-state index in [1.54, 1.807) is 0 Å². The number of nitrogens with one attached hydrogen (secondary N) is 2. The summed E-state index contributed by atoms with van der Waals surface area (Å²) >= 11 is 0. The maximum atomic E-state index is 12.0. The second kappa shape index (κ2) is 11.0.